The SMILES string of the molecule is CCOc1ccc(N(CC(=O)N/N=C/c2ccc(C)c(C)c2C)S(=O)(=O)c2ccccc2)cc1. The molecule has 0 atom stereocenters. The third kappa shape index (κ3) is 5.82. The topological polar surface area (TPSA) is 88.1 Å². The lowest BCUT2D eigenvalue weighted by atomic mass is 10.00. The summed E-state index contributed by atoms with van der Waals surface area (Å²) in [7, 11) is -3.99. The summed E-state index contributed by atoms with van der Waals surface area (Å²) in [6.07, 6.45) is 1.56. The number of carbonyl (C=O) groups is 1. The molecule has 0 fully saturated rings. The van der Waals surface area contributed by atoms with Gasteiger partial charge in [0.05, 0.1) is 23.4 Å². The minimum absolute atomic E-state index is 0.0888. The molecule has 0 saturated heterocycles. The number of aryl methyl sites for hydroxylation is 1. The van der Waals surface area contributed by atoms with E-state index in [-0.39, 0.29) is 4.90 Å². The molecule has 34 heavy (non-hydrogen) atoms. The molecule has 0 aliphatic heterocycles. The first kappa shape index (κ1) is 25.0. The lowest BCUT2D eigenvalue weighted by Crippen LogP contribution is -2.39. The number of nitrogens with zero attached hydrogens (tertiary/aromatic N) is 2. The molecule has 3 rings (SSSR count). The number of ether oxygens (including phenoxy) is 1. The molecule has 0 bridgehead atoms. The van der Waals surface area contributed by atoms with Crippen LogP contribution in [0.15, 0.2) is 76.7 Å². The quantitative estimate of drug-likeness (QED) is 0.365. The Morgan fingerprint density at radius 2 is 1.65 bits per heavy atom. The molecule has 1 N–H and O–H groups in total. The number of hydrogen-bond acceptors (Lipinski definition) is 5. The highest BCUT2D eigenvalue weighted by atomic mass is 32.2. The Labute approximate surface area is 201 Å². The number of hydrazone groups is 1. The van der Waals surface area contributed by atoms with E-state index in [0.717, 1.165) is 21.0 Å². The maximum Gasteiger partial charge on any atom is 0.264 e. The molecule has 3 aromatic rings. The summed E-state index contributed by atoms with van der Waals surface area (Å²) in [5.41, 5.74) is 7.07. The van der Waals surface area contributed by atoms with Crippen molar-refractivity contribution in [1.29, 1.82) is 0 Å². The normalized spacial score (nSPS) is 11.4. The van der Waals surface area contributed by atoms with Gasteiger partial charge in [0.25, 0.3) is 15.9 Å². The van der Waals surface area contributed by atoms with Crippen molar-refractivity contribution in [1.82, 2.24) is 5.43 Å². The summed E-state index contributed by atoms with van der Waals surface area (Å²) < 4.78 is 33.2. The molecule has 0 spiro atoms. The minimum atomic E-state index is -3.99. The Balaban J connectivity index is 1.84. The Morgan fingerprint density at radius 1 is 0.971 bits per heavy atom. The van der Waals surface area contributed by atoms with Crippen molar-refractivity contribution < 1.29 is 17.9 Å². The van der Waals surface area contributed by atoms with Gasteiger partial charge < -0.3 is 4.74 Å². The second kappa shape index (κ2) is 11.0. The molecule has 3 aromatic carbocycles. The van der Waals surface area contributed by atoms with Gasteiger partial charge in [-0.3, -0.25) is 9.10 Å². The average molecular weight is 480 g/mol. The minimum Gasteiger partial charge on any atom is -0.494 e. The number of anilines is 1. The molecule has 178 valence electrons. The predicted molar refractivity (Wildman–Crippen MR) is 135 cm³/mol. The predicted octanol–water partition coefficient (Wildman–Crippen LogP) is 4.36. The summed E-state index contributed by atoms with van der Waals surface area (Å²) in [5.74, 6) is 0.0484. The van der Waals surface area contributed by atoms with Crippen molar-refractivity contribution in [2.75, 3.05) is 17.5 Å². The second-order valence-corrected chi connectivity index (χ2v) is 9.63. The van der Waals surface area contributed by atoms with Crippen LogP contribution in [0.2, 0.25) is 0 Å². The van der Waals surface area contributed by atoms with Gasteiger partial charge >= 0.3 is 0 Å². The first-order valence-electron chi connectivity index (χ1n) is 10.9. The van der Waals surface area contributed by atoms with Crippen LogP contribution in [0.5, 0.6) is 5.75 Å². The smallest absolute Gasteiger partial charge is 0.264 e. The Kier molecular flexibility index (Phi) is 8.07. The maximum absolute atomic E-state index is 13.4. The van der Waals surface area contributed by atoms with Crippen LogP contribution in [0.25, 0.3) is 0 Å². The van der Waals surface area contributed by atoms with Crippen molar-refractivity contribution in [2.24, 2.45) is 5.10 Å². The highest BCUT2D eigenvalue weighted by Gasteiger charge is 2.27. The van der Waals surface area contributed by atoms with E-state index < -0.39 is 22.5 Å². The Hall–Kier alpha value is -3.65. The highest BCUT2D eigenvalue weighted by molar-refractivity contribution is 7.92. The van der Waals surface area contributed by atoms with Gasteiger partial charge in [-0.05, 0) is 86.3 Å². The average Bonchev–Trinajstić information content (AvgIpc) is 2.84. The molecule has 8 heteroatoms. The van der Waals surface area contributed by atoms with Gasteiger partial charge in [0.2, 0.25) is 0 Å². The van der Waals surface area contributed by atoms with Gasteiger partial charge in [-0.1, -0.05) is 30.3 Å². The summed E-state index contributed by atoms with van der Waals surface area (Å²) in [4.78, 5) is 12.8. The number of benzene rings is 3. The molecular weight excluding hydrogens is 450 g/mol. The van der Waals surface area contributed by atoms with E-state index >= 15 is 0 Å². The standard InChI is InChI=1S/C26H29N3O4S/c1-5-33-24-15-13-23(14-16-24)29(34(31,32)25-9-7-6-8-10-25)18-26(30)28-27-17-22-12-11-19(2)20(3)21(22)4/h6-17H,5,18H2,1-4H3,(H,28,30)/b27-17+. The van der Waals surface area contributed by atoms with Crippen molar-refractivity contribution in [2.45, 2.75) is 32.6 Å². The zero-order chi connectivity index (χ0) is 24.7. The van der Waals surface area contributed by atoms with Crippen molar-refractivity contribution in [3.05, 3.63) is 89.0 Å². The van der Waals surface area contributed by atoms with Crippen LogP contribution in [0.1, 0.15) is 29.2 Å². The van der Waals surface area contributed by atoms with Crippen LogP contribution in [0, 0.1) is 20.8 Å². The molecular formula is C26H29N3O4S. The zero-order valence-corrected chi connectivity index (χ0v) is 20.6. The fourth-order valence-electron chi connectivity index (χ4n) is 3.37. The van der Waals surface area contributed by atoms with Gasteiger partial charge in [0.1, 0.15) is 12.3 Å². The van der Waals surface area contributed by atoms with Crippen molar-refractivity contribution in [3.8, 4) is 5.75 Å². The maximum atomic E-state index is 13.4. The lowest BCUT2D eigenvalue weighted by molar-refractivity contribution is -0.119. The third-order valence-corrected chi connectivity index (χ3v) is 7.33. The third-order valence-electron chi connectivity index (χ3n) is 5.55. The molecule has 0 heterocycles. The highest BCUT2D eigenvalue weighted by Crippen LogP contribution is 2.25. The van der Waals surface area contributed by atoms with Gasteiger partial charge in [-0.25, -0.2) is 13.8 Å². The van der Waals surface area contributed by atoms with Crippen molar-refractivity contribution in [3.63, 3.8) is 0 Å². The van der Waals surface area contributed by atoms with E-state index in [2.05, 4.69) is 10.5 Å². The van der Waals surface area contributed by atoms with Gasteiger partial charge in [0, 0.05) is 0 Å². The number of sulfonamides is 1. The molecule has 0 saturated carbocycles. The van der Waals surface area contributed by atoms with E-state index in [1.165, 1.54) is 17.7 Å². The number of amides is 1. The summed E-state index contributed by atoms with van der Waals surface area (Å²) in [5, 5.41) is 4.05. The molecule has 0 aromatic heterocycles. The number of rotatable bonds is 9. The van der Waals surface area contributed by atoms with E-state index in [9.17, 15) is 13.2 Å². The number of carbonyl (C=O) groups excluding carboxylic acids is 1. The Bertz CT molecular complexity index is 1270. The largest absolute Gasteiger partial charge is 0.494 e. The molecule has 0 aliphatic carbocycles. The lowest BCUT2D eigenvalue weighted by Gasteiger charge is -2.24. The van der Waals surface area contributed by atoms with Crippen LogP contribution in [-0.4, -0.2) is 33.7 Å². The summed E-state index contributed by atoms with van der Waals surface area (Å²) >= 11 is 0. The van der Waals surface area contributed by atoms with Crippen LogP contribution in [0.3, 0.4) is 0 Å². The van der Waals surface area contributed by atoms with Gasteiger partial charge in [0.15, 0.2) is 0 Å². The second-order valence-electron chi connectivity index (χ2n) is 7.77. The number of nitrogens with one attached hydrogen (secondary N) is 1. The Morgan fingerprint density at radius 3 is 2.29 bits per heavy atom. The molecule has 1 amide bonds. The van der Waals surface area contributed by atoms with Crippen LogP contribution in [-0.2, 0) is 14.8 Å². The fraction of sp³-hybridized carbons (Fsp3) is 0.231. The van der Waals surface area contributed by atoms with E-state index in [1.54, 1.807) is 48.7 Å². The summed E-state index contributed by atoms with van der Waals surface area (Å²) in [6.45, 7) is 7.98. The van der Waals surface area contributed by atoms with Crippen LogP contribution < -0.4 is 14.5 Å². The molecule has 0 aliphatic rings. The fourth-order valence-corrected chi connectivity index (χ4v) is 4.81. The van der Waals surface area contributed by atoms with E-state index in [0.29, 0.717) is 18.0 Å². The van der Waals surface area contributed by atoms with E-state index in [1.807, 2.05) is 39.8 Å². The van der Waals surface area contributed by atoms with E-state index in [4.69, 9.17) is 4.74 Å². The monoisotopic (exact) mass is 479 g/mol. The number of hydrogen-bond donors (Lipinski definition) is 1. The van der Waals surface area contributed by atoms with Gasteiger partial charge in [-0.2, -0.15) is 5.10 Å². The van der Waals surface area contributed by atoms with Crippen molar-refractivity contribution >= 4 is 27.8 Å². The van der Waals surface area contributed by atoms with Gasteiger partial charge in [-0.15, -0.1) is 0 Å². The van der Waals surface area contributed by atoms with Crippen LogP contribution in [0.4, 0.5) is 5.69 Å². The van der Waals surface area contributed by atoms with Crippen LogP contribution >= 0.6 is 0 Å². The molecule has 0 radical (unpaired) electrons. The molecule has 7 nitrogen and oxygen atoms in total. The first-order chi connectivity index (χ1) is 16.2. The summed E-state index contributed by atoms with van der Waals surface area (Å²) in [6, 6.07) is 18.5. The zero-order valence-electron chi connectivity index (χ0n) is 19.8. The first-order valence-corrected chi connectivity index (χ1v) is 12.4. The molecule has 0 unspecified atom stereocenters.